The fraction of sp³-hybridized carbons (Fsp3) is 0.500. The third kappa shape index (κ3) is 3.58. The Morgan fingerprint density at radius 1 is 0.938 bits per heavy atom. The van der Waals surface area contributed by atoms with Crippen molar-refractivity contribution in [1.29, 1.82) is 0 Å². The molecule has 0 aromatic heterocycles. The molecule has 3 saturated heterocycles. The van der Waals surface area contributed by atoms with Gasteiger partial charge in [0.2, 0.25) is 11.6 Å². The van der Waals surface area contributed by atoms with Gasteiger partial charge < -0.3 is 20.4 Å². The minimum atomic E-state index is -1.79. The first-order valence-corrected chi connectivity index (χ1v) is 14.2. The molecule has 12 heteroatoms. The van der Waals surface area contributed by atoms with Gasteiger partial charge in [0, 0.05) is 45.3 Å². The molecule has 5 heterocycles. The van der Waals surface area contributed by atoms with Gasteiger partial charge in [0.25, 0.3) is 0 Å². The maximum Gasteiger partial charge on any atom is 0.227 e. The number of aliphatic imine (C=N–C) groups is 4. The van der Waals surface area contributed by atoms with Crippen molar-refractivity contribution in [3.63, 3.8) is 0 Å². The van der Waals surface area contributed by atoms with Gasteiger partial charge in [0.1, 0.15) is 25.8 Å². The van der Waals surface area contributed by atoms with E-state index in [1.807, 2.05) is 14.7 Å². The largest absolute Gasteiger partial charge is 0.382 e. The van der Waals surface area contributed by atoms with E-state index in [4.69, 9.17) is 11.5 Å². The number of fused-ring (bicyclic) bond motifs is 1. The fourth-order valence-corrected chi connectivity index (χ4v) is 4.45. The molecule has 1 atom stereocenters. The molecule has 4 N–H and O–H groups in total. The Balaban J connectivity index is 0.000000136. The molecule has 0 bridgehead atoms. The van der Waals surface area contributed by atoms with Crippen LogP contribution in [-0.2, 0) is 9.59 Å². The number of nitrogens with two attached hydrogens (primary N) is 2. The second-order valence-corrected chi connectivity index (χ2v) is 14.7. The molecule has 1 aliphatic carbocycles. The van der Waals surface area contributed by atoms with Gasteiger partial charge in [0.05, 0.1) is 5.70 Å². The Hall–Kier alpha value is -3.12. The SMILES string of the molecule is C[Si](C)(C)C1(N)N=C(N)C2=NC=NC2=N1.O=C1C=C(N2CC2)C(=O)C(N2CC2)=C1N1CC1. The highest BCUT2D eigenvalue weighted by Crippen LogP contribution is 2.34. The molecule has 5 aliphatic heterocycles. The molecule has 0 aromatic carbocycles. The van der Waals surface area contributed by atoms with Crippen LogP contribution in [0.15, 0.2) is 43.1 Å². The number of hydrogen-bond acceptors (Lipinski definition) is 11. The number of nitrogens with zero attached hydrogens (tertiary/aromatic N) is 7. The molecule has 32 heavy (non-hydrogen) atoms. The van der Waals surface area contributed by atoms with Gasteiger partial charge in [-0.15, -0.1) is 0 Å². The van der Waals surface area contributed by atoms with Crippen molar-refractivity contribution in [2.24, 2.45) is 31.4 Å². The van der Waals surface area contributed by atoms with E-state index in [-0.39, 0.29) is 11.6 Å². The highest BCUT2D eigenvalue weighted by atomic mass is 28.3. The lowest BCUT2D eigenvalue weighted by Crippen LogP contribution is -2.60. The van der Waals surface area contributed by atoms with E-state index < -0.39 is 13.5 Å². The monoisotopic (exact) mass is 453 g/mol. The summed E-state index contributed by atoms with van der Waals surface area (Å²) in [5.74, 6) is 0.891. The van der Waals surface area contributed by atoms with Gasteiger partial charge in [-0.3, -0.25) is 15.3 Å². The summed E-state index contributed by atoms with van der Waals surface area (Å²) >= 11 is 0. The maximum atomic E-state index is 12.4. The van der Waals surface area contributed by atoms with Crippen molar-refractivity contribution in [2.75, 3.05) is 39.3 Å². The van der Waals surface area contributed by atoms with Gasteiger partial charge in [-0.2, -0.15) is 0 Å². The van der Waals surface area contributed by atoms with E-state index >= 15 is 0 Å². The Bertz CT molecular complexity index is 1100. The number of rotatable bonds is 4. The summed E-state index contributed by atoms with van der Waals surface area (Å²) in [6.45, 7) is 11.7. The number of carbonyl (C=O) groups is 2. The van der Waals surface area contributed by atoms with Crippen molar-refractivity contribution in [2.45, 2.75) is 25.1 Å². The molecule has 0 radical (unpaired) electrons. The second-order valence-electron chi connectivity index (χ2n) is 9.51. The molecular weight excluding hydrogens is 426 g/mol. The third-order valence-corrected chi connectivity index (χ3v) is 8.41. The molecule has 0 amide bonds. The Labute approximate surface area is 187 Å². The Kier molecular flexibility index (Phi) is 4.50. The fourth-order valence-electron chi connectivity index (χ4n) is 3.56. The van der Waals surface area contributed by atoms with Crippen LogP contribution in [-0.4, -0.2) is 103 Å². The van der Waals surface area contributed by atoms with E-state index in [2.05, 4.69) is 39.6 Å². The Morgan fingerprint density at radius 3 is 2.09 bits per heavy atom. The van der Waals surface area contributed by atoms with E-state index in [0.29, 0.717) is 34.5 Å². The zero-order valence-corrected chi connectivity index (χ0v) is 19.5. The van der Waals surface area contributed by atoms with Crippen LogP contribution in [0.3, 0.4) is 0 Å². The van der Waals surface area contributed by atoms with E-state index in [9.17, 15) is 9.59 Å². The van der Waals surface area contributed by atoms with Gasteiger partial charge in [-0.05, 0) is 0 Å². The third-order valence-electron chi connectivity index (χ3n) is 5.98. The summed E-state index contributed by atoms with van der Waals surface area (Å²) in [6.07, 6.45) is 2.95. The molecule has 0 saturated carbocycles. The second kappa shape index (κ2) is 6.94. The van der Waals surface area contributed by atoms with Gasteiger partial charge in [0.15, 0.2) is 22.8 Å². The van der Waals surface area contributed by atoms with Crippen LogP contribution in [0.4, 0.5) is 0 Å². The zero-order valence-electron chi connectivity index (χ0n) is 18.5. The first-order valence-electron chi connectivity index (χ1n) is 10.7. The highest BCUT2D eigenvalue weighted by Gasteiger charge is 2.45. The van der Waals surface area contributed by atoms with Crippen LogP contribution in [0.2, 0.25) is 19.6 Å². The summed E-state index contributed by atoms with van der Waals surface area (Å²) in [5, 5.41) is 0. The summed E-state index contributed by atoms with van der Waals surface area (Å²) in [5.41, 5.74) is 13.5. The predicted octanol–water partition coefficient (Wildman–Crippen LogP) is -1.09. The molecule has 1 unspecified atom stereocenters. The highest BCUT2D eigenvalue weighted by molar-refractivity contribution is 6.81. The number of carbonyl (C=O) groups excluding carboxylic acids is 2. The van der Waals surface area contributed by atoms with Crippen LogP contribution in [0.5, 0.6) is 0 Å². The summed E-state index contributed by atoms with van der Waals surface area (Å²) in [4.78, 5) is 47.1. The lowest BCUT2D eigenvalue weighted by Gasteiger charge is -2.35. The van der Waals surface area contributed by atoms with E-state index in [0.717, 1.165) is 39.3 Å². The van der Waals surface area contributed by atoms with E-state index in [1.54, 1.807) is 0 Å². The number of allylic oxidation sites excluding steroid dienone is 1. The quantitative estimate of drug-likeness (QED) is 0.312. The van der Waals surface area contributed by atoms with Crippen LogP contribution in [0.1, 0.15) is 0 Å². The summed E-state index contributed by atoms with van der Waals surface area (Å²) in [7, 11) is -1.79. The number of amidine groups is 2. The van der Waals surface area contributed by atoms with Crippen LogP contribution >= 0.6 is 0 Å². The smallest absolute Gasteiger partial charge is 0.227 e. The average molecular weight is 454 g/mol. The minimum absolute atomic E-state index is 0.00546. The maximum absolute atomic E-state index is 12.4. The van der Waals surface area contributed by atoms with Crippen LogP contribution in [0.25, 0.3) is 0 Å². The molecule has 3 fully saturated rings. The van der Waals surface area contributed by atoms with Crippen molar-refractivity contribution >= 4 is 43.4 Å². The first-order chi connectivity index (χ1) is 15.1. The standard InChI is InChI=1S/C12H13N3O2.C8H14N6Si/c16-9-7-8(13-1-2-13)12(17)11(15-5-6-15)10(9)14-3-4-14;1-15(2,3)8(10)13-6(9)5-7(14-8)12-4-11-5/h7H,1-6H2;4H,10H2,1-3H3,(H2,9,13). The van der Waals surface area contributed by atoms with Crippen molar-refractivity contribution in [3.05, 3.63) is 23.2 Å². The van der Waals surface area contributed by atoms with Crippen LogP contribution < -0.4 is 11.5 Å². The predicted molar refractivity (Wildman–Crippen MR) is 125 cm³/mol. The normalized spacial score (nSPS) is 27.9. The van der Waals surface area contributed by atoms with Gasteiger partial charge >= 0.3 is 0 Å². The average Bonchev–Trinajstić information content (AvgIpc) is 3.57. The first kappa shape index (κ1) is 20.8. The zero-order chi connectivity index (χ0) is 22.8. The molecule has 6 rings (SSSR count). The number of Topliss-reactive ketones (excluding diaryl/α,β-unsaturated/α-hetero) is 1. The molecule has 0 aromatic rings. The van der Waals surface area contributed by atoms with Crippen molar-refractivity contribution in [1.82, 2.24) is 14.7 Å². The lowest BCUT2D eigenvalue weighted by atomic mass is 10.0. The number of hydrogen-bond donors (Lipinski definition) is 2. The van der Waals surface area contributed by atoms with Crippen molar-refractivity contribution in [3.8, 4) is 0 Å². The van der Waals surface area contributed by atoms with Crippen molar-refractivity contribution < 1.29 is 9.59 Å². The molecule has 6 aliphatic rings. The Morgan fingerprint density at radius 2 is 1.53 bits per heavy atom. The molecule has 11 nitrogen and oxygen atoms in total. The van der Waals surface area contributed by atoms with Gasteiger partial charge in [-0.1, -0.05) is 19.6 Å². The molecule has 168 valence electrons. The van der Waals surface area contributed by atoms with Crippen LogP contribution in [0, 0.1) is 0 Å². The van der Waals surface area contributed by atoms with Gasteiger partial charge in [-0.25, -0.2) is 20.0 Å². The summed E-state index contributed by atoms with van der Waals surface area (Å²) < 4.78 is 0. The lowest BCUT2D eigenvalue weighted by molar-refractivity contribution is -0.117. The molecule has 0 spiro atoms. The van der Waals surface area contributed by atoms with E-state index in [1.165, 1.54) is 12.4 Å². The minimum Gasteiger partial charge on any atom is -0.382 e. The molecular formula is C20H27N9O2Si. The topological polar surface area (TPSA) is 145 Å². The number of ketones is 2. The summed E-state index contributed by atoms with van der Waals surface area (Å²) in [6, 6.07) is 0.